The number of anilines is 1. The number of hydrogen-bond donors (Lipinski definition) is 1. The van der Waals surface area contributed by atoms with Crippen LogP contribution in [0.3, 0.4) is 0 Å². The molecule has 7 heteroatoms. The minimum Gasteiger partial charge on any atom is -0.494 e. The van der Waals surface area contributed by atoms with E-state index in [1.807, 2.05) is 92.1 Å². The molecule has 2 unspecified atom stereocenters. The molecule has 0 saturated carbocycles. The number of halogens is 1. The van der Waals surface area contributed by atoms with Crippen LogP contribution in [-0.2, 0) is 0 Å². The zero-order valence-electron chi connectivity index (χ0n) is 18.1. The summed E-state index contributed by atoms with van der Waals surface area (Å²) in [6.45, 7) is 2.60. The number of rotatable bonds is 6. The van der Waals surface area contributed by atoms with Gasteiger partial charge in [0, 0.05) is 34.5 Å². The van der Waals surface area contributed by atoms with Crippen LogP contribution in [0.1, 0.15) is 30.4 Å². The van der Waals surface area contributed by atoms with E-state index in [9.17, 15) is 0 Å². The maximum atomic E-state index is 6.31. The smallest absolute Gasteiger partial charge is 0.174 e. The fourth-order valence-corrected chi connectivity index (χ4v) is 4.83. The van der Waals surface area contributed by atoms with Crippen molar-refractivity contribution in [1.82, 2.24) is 14.9 Å². The molecule has 5 rings (SSSR count). The van der Waals surface area contributed by atoms with E-state index in [1.165, 1.54) is 0 Å². The molecule has 2 atom stereocenters. The fraction of sp³-hybridized carbons (Fsp3) is 0.154. The number of aromatic nitrogens is 2. The number of hydrogen-bond acceptors (Lipinski definition) is 3. The van der Waals surface area contributed by atoms with Gasteiger partial charge in [-0.25, -0.2) is 0 Å². The highest BCUT2D eigenvalue weighted by molar-refractivity contribution is 7.80. The Morgan fingerprint density at radius 3 is 2.58 bits per heavy atom. The topological polar surface area (TPSA) is 42.3 Å². The molecule has 0 bridgehead atoms. The van der Waals surface area contributed by atoms with Gasteiger partial charge in [0.15, 0.2) is 5.11 Å². The van der Waals surface area contributed by atoms with Crippen molar-refractivity contribution in [3.63, 3.8) is 0 Å². The minimum atomic E-state index is -0.127. The largest absolute Gasteiger partial charge is 0.494 e. The molecule has 1 aliphatic heterocycles. The second-order valence-corrected chi connectivity index (χ2v) is 8.53. The van der Waals surface area contributed by atoms with Crippen molar-refractivity contribution in [2.75, 3.05) is 11.5 Å². The van der Waals surface area contributed by atoms with E-state index in [-0.39, 0.29) is 12.1 Å². The maximum Gasteiger partial charge on any atom is 0.174 e. The Labute approximate surface area is 203 Å². The third-order valence-corrected chi connectivity index (χ3v) is 6.24. The van der Waals surface area contributed by atoms with E-state index in [0.29, 0.717) is 16.7 Å². The van der Waals surface area contributed by atoms with Crippen molar-refractivity contribution in [2.24, 2.45) is 0 Å². The Morgan fingerprint density at radius 1 is 1.00 bits per heavy atom. The summed E-state index contributed by atoms with van der Waals surface area (Å²) >= 11 is 12.1. The van der Waals surface area contributed by atoms with Gasteiger partial charge in [0.2, 0.25) is 0 Å². The lowest BCUT2D eigenvalue weighted by Gasteiger charge is -2.29. The fourth-order valence-electron chi connectivity index (χ4n) is 4.30. The molecule has 0 amide bonds. The molecular formula is C26H23ClN4OS. The summed E-state index contributed by atoms with van der Waals surface area (Å²) in [5, 5.41) is 4.85. The minimum absolute atomic E-state index is 0.126. The normalized spacial score (nSPS) is 17.8. The summed E-state index contributed by atoms with van der Waals surface area (Å²) < 4.78 is 7.79. The zero-order valence-corrected chi connectivity index (χ0v) is 19.6. The molecule has 0 radical (unpaired) electrons. The first-order valence-corrected chi connectivity index (χ1v) is 11.6. The molecule has 4 aromatic rings. The van der Waals surface area contributed by atoms with E-state index in [4.69, 9.17) is 28.6 Å². The zero-order chi connectivity index (χ0) is 22.8. The van der Waals surface area contributed by atoms with E-state index in [0.717, 1.165) is 28.5 Å². The SMILES string of the molecule is CCOc1ccc(N2C(=S)NC(c3ccccn3)C2c2cccn2-c2cccc(Cl)c2)cc1. The van der Waals surface area contributed by atoms with Crippen molar-refractivity contribution in [2.45, 2.75) is 19.0 Å². The first kappa shape index (κ1) is 21.5. The number of pyridine rings is 1. The molecule has 5 nitrogen and oxygen atoms in total. The number of ether oxygens (including phenoxy) is 1. The van der Waals surface area contributed by atoms with Gasteiger partial charge in [-0.15, -0.1) is 0 Å². The van der Waals surface area contributed by atoms with Gasteiger partial charge < -0.3 is 19.5 Å². The Balaban J connectivity index is 1.63. The van der Waals surface area contributed by atoms with E-state index in [1.54, 1.807) is 0 Å². The van der Waals surface area contributed by atoms with Crippen molar-refractivity contribution >= 4 is 34.6 Å². The summed E-state index contributed by atoms with van der Waals surface area (Å²) in [5.74, 6) is 0.833. The van der Waals surface area contributed by atoms with E-state index in [2.05, 4.69) is 25.8 Å². The number of benzene rings is 2. The van der Waals surface area contributed by atoms with Crippen LogP contribution in [0.15, 0.2) is 91.3 Å². The third kappa shape index (κ3) is 4.19. The van der Waals surface area contributed by atoms with Crippen LogP contribution in [0.25, 0.3) is 5.69 Å². The number of thiocarbonyl (C=S) groups is 1. The predicted octanol–water partition coefficient (Wildman–Crippen LogP) is 6.10. The standard InChI is InChI=1S/C26H23ClN4OS/c1-2-32-21-13-11-19(12-14-21)31-25(24(29-26(31)33)22-9-3-4-15-28-22)23-10-6-16-30(23)20-8-5-7-18(27)17-20/h3-17,24-25H,2H2,1H3,(H,29,33). The van der Waals surface area contributed by atoms with Crippen LogP contribution in [0.4, 0.5) is 5.69 Å². The highest BCUT2D eigenvalue weighted by Crippen LogP contribution is 2.42. The summed E-state index contributed by atoms with van der Waals surface area (Å²) in [4.78, 5) is 6.79. The molecule has 1 aliphatic rings. The van der Waals surface area contributed by atoms with Gasteiger partial charge in [0.25, 0.3) is 0 Å². The second kappa shape index (κ2) is 9.25. The van der Waals surface area contributed by atoms with Crippen LogP contribution in [0.2, 0.25) is 5.02 Å². The van der Waals surface area contributed by atoms with E-state index >= 15 is 0 Å². The third-order valence-electron chi connectivity index (χ3n) is 5.69. The lowest BCUT2D eigenvalue weighted by Crippen LogP contribution is -2.30. The molecule has 0 spiro atoms. The molecule has 2 aromatic heterocycles. The molecule has 3 heterocycles. The van der Waals surface area contributed by atoms with Gasteiger partial charge in [-0.1, -0.05) is 23.7 Å². The van der Waals surface area contributed by atoms with Crippen molar-refractivity contribution < 1.29 is 4.74 Å². The maximum absolute atomic E-state index is 6.31. The van der Waals surface area contributed by atoms with Gasteiger partial charge in [-0.2, -0.15) is 0 Å². The van der Waals surface area contributed by atoms with Crippen molar-refractivity contribution in [3.05, 3.63) is 108 Å². The molecule has 1 N–H and O–H groups in total. The monoisotopic (exact) mass is 474 g/mol. The number of nitrogens with zero attached hydrogens (tertiary/aromatic N) is 3. The van der Waals surface area contributed by atoms with Gasteiger partial charge in [0.05, 0.1) is 18.3 Å². The summed E-state index contributed by atoms with van der Waals surface area (Å²) in [6, 6.07) is 25.7. The van der Waals surface area contributed by atoms with Crippen LogP contribution >= 0.6 is 23.8 Å². The summed E-state index contributed by atoms with van der Waals surface area (Å²) in [6.07, 6.45) is 3.86. The predicted molar refractivity (Wildman–Crippen MR) is 136 cm³/mol. The van der Waals surface area contributed by atoms with Gasteiger partial charge in [-0.3, -0.25) is 4.98 Å². The van der Waals surface area contributed by atoms with E-state index < -0.39 is 0 Å². The quantitative estimate of drug-likeness (QED) is 0.342. The van der Waals surface area contributed by atoms with Gasteiger partial charge in [0.1, 0.15) is 11.8 Å². The highest BCUT2D eigenvalue weighted by Gasteiger charge is 2.42. The first-order valence-electron chi connectivity index (χ1n) is 10.8. The molecular weight excluding hydrogens is 452 g/mol. The Kier molecular flexibility index (Phi) is 6.03. The molecule has 166 valence electrons. The van der Waals surface area contributed by atoms with Crippen LogP contribution < -0.4 is 15.0 Å². The summed E-state index contributed by atoms with van der Waals surface area (Å²) in [5.41, 5.74) is 3.98. The van der Waals surface area contributed by atoms with Crippen LogP contribution in [0, 0.1) is 0 Å². The molecule has 2 aromatic carbocycles. The second-order valence-electron chi connectivity index (χ2n) is 7.71. The molecule has 1 fully saturated rings. The Hall–Kier alpha value is -3.35. The first-order chi connectivity index (χ1) is 16.2. The average Bonchev–Trinajstić information content (AvgIpc) is 3.45. The lowest BCUT2D eigenvalue weighted by atomic mass is 10.0. The molecule has 33 heavy (non-hydrogen) atoms. The number of nitrogens with one attached hydrogen (secondary N) is 1. The summed E-state index contributed by atoms with van der Waals surface area (Å²) in [7, 11) is 0. The Bertz CT molecular complexity index is 1260. The van der Waals surface area contributed by atoms with Crippen LogP contribution in [0.5, 0.6) is 5.75 Å². The van der Waals surface area contributed by atoms with Crippen LogP contribution in [-0.4, -0.2) is 21.3 Å². The van der Waals surface area contributed by atoms with Gasteiger partial charge >= 0.3 is 0 Å². The molecule has 1 saturated heterocycles. The lowest BCUT2D eigenvalue weighted by molar-refractivity contribution is 0.340. The molecule has 0 aliphatic carbocycles. The van der Waals surface area contributed by atoms with Crippen molar-refractivity contribution in [1.29, 1.82) is 0 Å². The van der Waals surface area contributed by atoms with Gasteiger partial charge in [-0.05, 0) is 85.9 Å². The Morgan fingerprint density at radius 2 is 1.85 bits per heavy atom. The average molecular weight is 475 g/mol. The highest BCUT2D eigenvalue weighted by atomic mass is 35.5. The van der Waals surface area contributed by atoms with Crippen molar-refractivity contribution in [3.8, 4) is 11.4 Å².